The van der Waals surface area contributed by atoms with Gasteiger partial charge in [0.05, 0.1) is 0 Å². The minimum atomic E-state index is 0.600. The molecule has 1 N–H and O–H groups in total. The predicted molar refractivity (Wildman–Crippen MR) is 88.8 cm³/mol. The third-order valence-corrected chi connectivity index (χ3v) is 4.36. The van der Waals surface area contributed by atoms with Crippen molar-refractivity contribution in [2.45, 2.75) is 33.7 Å². The van der Waals surface area contributed by atoms with Gasteiger partial charge in [0, 0.05) is 50.1 Å². The first kappa shape index (κ1) is 15.2. The molecule has 0 spiro atoms. The number of hydrogen-bond donors (Lipinski definition) is 1. The summed E-state index contributed by atoms with van der Waals surface area (Å²) in [5.74, 6) is 0.672. The average Bonchev–Trinajstić information content (AvgIpc) is 2.49. The van der Waals surface area contributed by atoms with Crippen molar-refractivity contribution in [1.82, 2.24) is 5.32 Å². The summed E-state index contributed by atoms with van der Waals surface area (Å²) in [5.41, 5.74) is 2.69. The summed E-state index contributed by atoms with van der Waals surface area (Å²) in [4.78, 5) is 4.95. The first-order valence-electron chi connectivity index (χ1n) is 7.99. The predicted octanol–water partition coefficient (Wildman–Crippen LogP) is 2.97. The van der Waals surface area contributed by atoms with Gasteiger partial charge in [-0.3, -0.25) is 0 Å². The van der Waals surface area contributed by atoms with Crippen LogP contribution >= 0.6 is 0 Å². The maximum Gasteiger partial charge on any atom is 0.0437 e. The molecule has 0 amide bonds. The zero-order valence-electron chi connectivity index (χ0n) is 13.4. The minimum absolute atomic E-state index is 0.600. The van der Waals surface area contributed by atoms with E-state index < -0.39 is 0 Å². The van der Waals surface area contributed by atoms with Crippen LogP contribution in [-0.2, 0) is 0 Å². The molecule has 0 aromatic heterocycles. The zero-order valence-corrected chi connectivity index (χ0v) is 13.4. The van der Waals surface area contributed by atoms with Gasteiger partial charge < -0.3 is 15.1 Å². The molecule has 1 aliphatic rings. The van der Waals surface area contributed by atoms with Gasteiger partial charge >= 0.3 is 0 Å². The van der Waals surface area contributed by atoms with Gasteiger partial charge in [0.15, 0.2) is 0 Å². The van der Waals surface area contributed by atoms with E-state index in [1.54, 1.807) is 0 Å². The third kappa shape index (κ3) is 3.26. The number of rotatable bonds is 5. The molecular weight excluding hydrogens is 246 g/mol. The Balaban J connectivity index is 2.15. The quantitative estimate of drug-likeness (QED) is 0.891. The van der Waals surface area contributed by atoms with Crippen molar-refractivity contribution < 1.29 is 0 Å². The molecule has 1 unspecified atom stereocenters. The van der Waals surface area contributed by atoms with Gasteiger partial charge in [0.1, 0.15) is 0 Å². The Morgan fingerprint density at radius 3 is 2.40 bits per heavy atom. The van der Waals surface area contributed by atoms with Crippen LogP contribution in [0.3, 0.4) is 0 Å². The van der Waals surface area contributed by atoms with Crippen LogP contribution in [0.25, 0.3) is 0 Å². The van der Waals surface area contributed by atoms with Crippen LogP contribution in [0.2, 0.25) is 0 Å². The topological polar surface area (TPSA) is 18.5 Å². The number of benzene rings is 1. The second kappa shape index (κ2) is 6.98. The maximum atomic E-state index is 3.51. The van der Waals surface area contributed by atoms with Gasteiger partial charge in [-0.05, 0) is 44.0 Å². The summed E-state index contributed by atoms with van der Waals surface area (Å²) in [6.07, 6.45) is 0. The molecule has 1 aromatic carbocycles. The van der Waals surface area contributed by atoms with E-state index in [1.165, 1.54) is 11.4 Å². The Bertz CT molecular complexity index is 395. The number of piperazine rings is 1. The van der Waals surface area contributed by atoms with Crippen molar-refractivity contribution in [3.63, 3.8) is 0 Å². The SMILES string of the molecule is CCN(CC)c1ccc(N2CCNCC2C(C)C)cc1. The highest BCUT2D eigenvalue weighted by atomic mass is 15.2. The Morgan fingerprint density at radius 2 is 1.85 bits per heavy atom. The fourth-order valence-electron chi connectivity index (χ4n) is 3.09. The number of nitrogens with zero attached hydrogens (tertiary/aromatic N) is 2. The molecule has 1 fully saturated rings. The Morgan fingerprint density at radius 1 is 1.20 bits per heavy atom. The maximum absolute atomic E-state index is 3.51. The fourth-order valence-corrected chi connectivity index (χ4v) is 3.09. The molecule has 0 aliphatic carbocycles. The van der Waals surface area contributed by atoms with Crippen LogP contribution in [-0.4, -0.2) is 38.8 Å². The largest absolute Gasteiger partial charge is 0.372 e. The van der Waals surface area contributed by atoms with Gasteiger partial charge in [0.25, 0.3) is 0 Å². The molecule has 3 heteroatoms. The molecule has 0 bridgehead atoms. The molecular formula is C17H29N3. The van der Waals surface area contributed by atoms with Gasteiger partial charge in [-0.2, -0.15) is 0 Å². The van der Waals surface area contributed by atoms with E-state index in [0.717, 1.165) is 32.7 Å². The number of hydrogen-bond acceptors (Lipinski definition) is 3. The molecule has 20 heavy (non-hydrogen) atoms. The second-order valence-electron chi connectivity index (χ2n) is 5.90. The summed E-state index contributed by atoms with van der Waals surface area (Å²) < 4.78 is 0. The molecule has 0 saturated carbocycles. The number of nitrogens with one attached hydrogen (secondary N) is 1. The Hall–Kier alpha value is -1.22. The fraction of sp³-hybridized carbons (Fsp3) is 0.647. The van der Waals surface area contributed by atoms with Crippen molar-refractivity contribution in [3.05, 3.63) is 24.3 Å². The Labute approximate surface area is 124 Å². The van der Waals surface area contributed by atoms with E-state index in [0.29, 0.717) is 12.0 Å². The first-order valence-corrected chi connectivity index (χ1v) is 7.99. The zero-order chi connectivity index (χ0) is 14.5. The highest BCUT2D eigenvalue weighted by molar-refractivity contribution is 5.57. The van der Waals surface area contributed by atoms with Crippen LogP contribution in [0.4, 0.5) is 11.4 Å². The van der Waals surface area contributed by atoms with Crippen LogP contribution in [0.15, 0.2) is 24.3 Å². The smallest absolute Gasteiger partial charge is 0.0437 e. The van der Waals surface area contributed by atoms with E-state index in [-0.39, 0.29) is 0 Å². The van der Waals surface area contributed by atoms with Crippen LogP contribution < -0.4 is 15.1 Å². The molecule has 0 radical (unpaired) electrons. The lowest BCUT2D eigenvalue weighted by Crippen LogP contribution is -2.53. The van der Waals surface area contributed by atoms with Crippen LogP contribution in [0.5, 0.6) is 0 Å². The van der Waals surface area contributed by atoms with Gasteiger partial charge in [-0.15, -0.1) is 0 Å². The lowest BCUT2D eigenvalue weighted by atomic mass is 9.99. The third-order valence-electron chi connectivity index (χ3n) is 4.36. The number of anilines is 2. The highest BCUT2D eigenvalue weighted by Gasteiger charge is 2.24. The minimum Gasteiger partial charge on any atom is -0.372 e. The summed E-state index contributed by atoms with van der Waals surface area (Å²) in [5, 5.41) is 3.51. The van der Waals surface area contributed by atoms with E-state index in [9.17, 15) is 0 Å². The first-order chi connectivity index (χ1) is 9.67. The van der Waals surface area contributed by atoms with Gasteiger partial charge in [-0.1, -0.05) is 13.8 Å². The lowest BCUT2D eigenvalue weighted by Gasteiger charge is -2.40. The molecule has 1 heterocycles. The van der Waals surface area contributed by atoms with Crippen molar-refractivity contribution in [3.8, 4) is 0 Å². The molecule has 1 aromatic rings. The molecule has 1 aliphatic heterocycles. The summed E-state index contributed by atoms with van der Waals surface area (Å²) >= 11 is 0. The lowest BCUT2D eigenvalue weighted by molar-refractivity contribution is 0.390. The molecule has 1 saturated heterocycles. The standard InChI is InChI=1S/C17H29N3/c1-5-19(6-2)15-7-9-16(10-8-15)20-12-11-18-13-17(20)14(3)4/h7-10,14,17-18H,5-6,11-13H2,1-4H3. The van der Waals surface area contributed by atoms with Crippen molar-refractivity contribution in [1.29, 1.82) is 0 Å². The van der Waals surface area contributed by atoms with E-state index in [4.69, 9.17) is 0 Å². The summed E-state index contributed by atoms with van der Waals surface area (Å²) in [6, 6.07) is 9.70. The molecule has 112 valence electrons. The van der Waals surface area contributed by atoms with Gasteiger partial charge in [-0.25, -0.2) is 0 Å². The molecule has 3 nitrogen and oxygen atoms in total. The molecule has 1 atom stereocenters. The monoisotopic (exact) mass is 275 g/mol. The average molecular weight is 275 g/mol. The van der Waals surface area contributed by atoms with Crippen molar-refractivity contribution >= 4 is 11.4 Å². The van der Waals surface area contributed by atoms with Gasteiger partial charge in [0.2, 0.25) is 0 Å². The second-order valence-corrected chi connectivity index (χ2v) is 5.90. The Kier molecular flexibility index (Phi) is 5.30. The van der Waals surface area contributed by atoms with E-state index in [2.05, 4.69) is 67.1 Å². The molecule has 2 rings (SSSR count). The summed E-state index contributed by atoms with van der Waals surface area (Å²) in [6.45, 7) is 14.5. The van der Waals surface area contributed by atoms with E-state index >= 15 is 0 Å². The highest BCUT2D eigenvalue weighted by Crippen LogP contribution is 2.25. The van der Waals surface area contributed by atoms with E-state index in [1.807, 2.05) is 0 Å². The van der Waals surface area contributed by atoms with Crippen molar-refractivity contribution in [2.75, 3.05) is 42.5 Å². The van der Waals surface area contributed by atoms with Crippen LogP contribution in [0.1, 0.15) is 27.7 Å². The van der Waals surface area contributed by atoms with Crippen molar-refractivity contribution in [2.24, 2.45) is 5.92 Å². The normalized spacial score (nSPS) is 19.4. The summed E-state index contributed by atoms with van der Waals surface area (Å²) in [7, 11) is 0. The van der Waals surface area contributed by atoms with Crippen LogP contribution in [0, 0.1) is 5.92 Å².